The van der Waals surface area contributed by atoms with Crippen LogP contribution < -0.4 is 11.3 Å². The highest BCUT2D eigenvalue weighted by Crippen LogP contribution is 2.31. The fraction of sp³-hybridized carbons (Fsp3) is 0.333. The molecule has 0 aliphatic rings. The normalized spacial score (nSPS) is 13.8. The summed E-state index contributed by atoms with van der Waals surface area (Å²) in [5.41, 5.74) is 2.02. The fourth-order valence-electron chi connectivity index (χ4n) is 0.790. The molecule has 2 nitrogen and oxygen atoms in total. The predicted molar refractivity (Wildman–Crippen MR) is 45.4 cm³/mol. The first-order valence-electron chi connectivity index (χ1n) is 3.14. The third kappa shape index (κ3) is 1.92. The van der Waals surface area contributed by atoms with Crippen LogP contribution in [0.25, 0.3) is 0 Å². The van der Waals surface area contributed by atoms with Crippen LogP contribution in [0, 0.1) is 0 Å². The zero-order valence-electron chi connectivity index (χ0n) is 5.93. The van der Waals surface area contributed by atoms with Gasteiger partial charge in [-0.25, -0.2) is 14.2 Å². The Morgan fingerprint density at radius 3 is 2.58 bits per heavy atom. The van der Waals surface area contributed by atoms with Crippen LogP contribution in [0.3, 0.4) is 0 Å². The third-order valence-electron chi connectivity index (χ3n) is 1.36. The van der Waals surface area contributed by atoms with Crippen LogP contribution in [0.2, 0.25) is 5.02 Å². The first-order chi connectivity index (χ1) is 5.66. The number of hydrogen-bond acceptors (Lipinski definition) is 3. The Morgan fingerprint density at radius 1 is 1.58 bits per heavy atom. The molecule has 0 bridgehead atoms. The summed E-state index contributed by atoms with van der Waals surface area (Å²) < 4.78 is 24.5. The SMILES string of the molecule is NNC(c1sccc1Cl)C(F)F. The van der Waals surface area contributed by atoms with E-state index in [1.807, 2.05) is 5.43 Å². The molecule has 68 valence electrons. The van der Waals surface area contributed by atoms with Crippen LogP contribution in [0.4, 0.5) is 8.78 Å². The van der Waals surface area contributed by atoms with Crippen molar-refractivity contribution >= 4 is 22.9 Å². The Morgan fingerprint density at radius 2 is 2.25 bits per heavy atom. The van der Waals surface area contributed by atoms with Crippen molar-refractivity contribution in [1.82, 2.24) is 5.43 Å². The van der Waals surface area contributed by atoms with Crippen LogP contribution in [0.1, 0.15) is 10.9 Å². The van der Waals surface area contributed by atoms with E-state index >= 15 is 0 Å². The van der Waals surface area contributed by atoms with Crippen molar-refractivity contribution in [2.24, 2.45) is 5.84 Å². The van der Waals surface area contributed by atoms with Gasteiger partial charge in [0.2, 0.25) is 0 Å². The van der Waals surface area contributed by atoms with Crippen molar-refractivity contribution in [1.29, 1.82) is 0 Å². The van der Waals surface area contributed by atoms with Gasteiger partial charge >= 0.3 is 0 Å². The fourth-order valence-corrected chi connectivity index (χ4v) is 2.03. The molecular weight excluding hydrogens is 206 g/mol. The minimum absolute atomic E-state index is 0.322. The van der Waals surface area contributed by atoms with Crippen molar-refractivity contribution in [2.75, 3.05) is 0 Å². The van der Waals surface area contributed by atoms with E-state index < -0.39 is 12.5 Å². The van der Waals surface area contributed by atoms with Gasteiger partial charge in [-0.1, -0.05) is 11.6 Å². The lowest BCUT2D eigenvalue weighted by molar-refractivity contribution is 0.100. The van der Waals surface area contributed by atoms with Gasteiger partial charge in [0.25, 0.3) is 6.43 Å². The van der Waals surface area contributed by atoms with Crippen molar-refractivity contribution < 1.29 is 8.78 Å². The number of nitrogens with two attached hydrogens (primary N) is 1. The van der Waals surface area contributed by atoms with Gasteiger partial charge in [0.15, 0.2) is 0 Å². The molecule has 1 atom stereocenters. The number of alkyl halides is 2. The second-order valence-corrected chi connectivity index (χ2v) is 3.47. The summed E-state index contributed by atoms with van der Waals surface area (Å²) in [4.78, 5) is 0.370. The zero-order chi connectivity index (χ0) is 9.14. The van der Waals surface area contributed by atoms with Gasteiger partial charge in [-0.15, -0.1) is 11.3 Å². The molecule has 0 fully saturated rings. The summed E-state index contributed by atoms with van der Waals surface area (Å²) in [5.74, 6) is 4.95. The van der Waals surface area contributed by atoms with Crippen molar-refractivity contribution in [3.63, 3.8) is 0 Å². The molecule has 6 heteroatoms. The first kappa shape index (κ1) is 9.85. The molecule has 0 saturated heterocycles. The molecule has 0 amide bonds. The lowest BCUT2D eigenvalue weighted by Gasteiger charge is -2.12. The highest BCUT2D eigenvalue weighted by molar-refractivity contribution is 7.10. The molecule has 1 unspecified atom stereocenters. The van der Waals surface area contributed by atoms with E-state index in [0.29, 0.717) is 9.90 Å². The van der Waals surface area contributed by atoms with Gasteiger partial charge in [0.05, 0.1) is 5.02 Å². The van der Waals surface area contributed by atoms with E-state index in [2.05, 4.69) is 0 Å². The average Bonchev–Trinajstić information content (AvgIpc) is 2.38. The minimum atomic E-state index is -2.55. The Labute approximate surface area is 77.3 Å². The maximum atomic E-state index is 12.2. The van der Waals surface area contributed by atoms with E-state index in [9.17, 15) is 8.78 Å². The van der Waals surface area contributed by atoms with E-state index in [4.69, 9.17) is 17.4 Å². The smallest absolute Gasteiger partial charge is 0.259 e. The van der Waals surface area contributed by atoms with Crippen molar-refractivity contribution in [3.8, 4) is 0 Å². The third-order valence-corrected chi connectivity index (χ3v) is 2.80. The molecule has 1 aromatic rings. The molecule has 0 radical (unpaired) electrons. The molecule has 1 rings (SSSR count). The van der Waals surface area contributed by atoms with Gasteiger partial charge in [-0.2, -0.15) is 0 Å². The van der Waals surface area contributed by atoms with E-state index in [0.717, 1.165) is 11.3 Å². The quantitative estimate of drug-likeness (QED) is 0.595. The molecule has 1 heterocycles. The summed E-state index contributed by atoms with van der Waals surface area (Å²) in [5, 5.41) is 1.97. The summed E-state index contributed by atoms with van der Waals surface area (Å²) in [6, 6.07) is 0.395. The predicted octanol–water partition coefficient (Wildman–Crippen LogP) is 2.17. The van der Waals surface area contributed by atoms with Crippen LogP contribution in [-0.2, 0) is 0 Å². The number of hydrazine groups is 1. The summed E-state index contributed by atoms with van der Waals surface area (Å²) >= 11 is 6.80. The lowest BCUT2D eigenvalue weighted by Crippen LogP contribution is -2.32. The van der Waals surface area contributed by atoms with Crippen LogP contribution in [0.5, 0.6) is 0 Å². The maximum Gasteiger partial charge on any atom is 0.259 e. The van der Waals surface area contributed by atoms with Gasteiger partial charge in [0, 0.05) is 4.88 Å². The van der Waals surface area contributed by atoms with Gasteiger partial charge in [0.1, 0.15) is 6.04 Å². The van der Waals surface area contributed by atoms with Gasteiger partial charge in [-0.05, 0) is 11.4 Å². The summed E-state index contributed by atoms with van der Waals surface area (Å²) in [7, 11) is 0. The second-order valence-electron chi connectivity index (χ2n) is 2.11. The molecule has 0 spiro atoms. The van der Waals surface area contributed by atoms with E-state index in [1.165, 1.54) is 0 Å². The topological polar surface area (TPSA) is 38.0 Å². The van der Waals surface area contributed by atoms with Crippen LogP contribution in [0.15, 0.2) is 11.4 Å². The minimum Gasteiger partial charge on any atom is -0.271 e. The molecular formula is C6H7ClF2N2S. The summed E-state index contributed by atoms with van der Waals surface area (Å²) in [6.07, 6.45) is -2.55. The largest absolute Gasteiger partial charge is 0.271 e. The number of hydrogen-bond donors (Lipinski definition) is 2. The van der Waals surface area contributed by atoms with Crippen LogP contribution in [-0.4, -0.2) is 6.43 Å². The molecule has 0 saturated carbocycles. The number of halogens is 3. The van der Waals surface area contributed by atoms with Crippen LogP contribution >= 0.6 is 22.9 Å². The highest BCUT2D eigenvalue weighted by Gasteiger charge is 2.24. The Kier molecular flexibility index (Phi) is 3.39. The Bertz CT molecular complexity index is 253. The molecule has 1 aromatic heterocycles. The average molecular weight is 213 g/mol. The monoisotopic (exact) mass is 212 g/mol. The highest BCUT2D eigenvalue weighted by atomic mass is 35.5. The van der Waals surface area contributed by atoms with E-state index in [-0.39, 0.29) is 0 Å². The summed E-state index contributed by atoms with van der Waals surface area (Å²) in [6.45, 7) is 0. The number of thiophene rings is 1. The molecule has 0 aromatic carbocycles. The molecule has 0 aliphatic carbocycles. The first-order valence-corrected chi connectivity index (χ1v) is 4.39. The number of rotatable bonds is 3. The number of nitrogens with one attached hydrogen (secondary N) is 1. The maximum absolute atomic E-state index is 12.2. The molecule has 0 aliphatic heterocycles. The lowest BCUT2D eigenvalue weighted by atomic mass is 10.2. The second kappa shape index (κ2) is 4.13. The standard InChI is InChI=1S/C6H7ClF2N2S/c7-3-1-2-12-5(3)4(11-10)6(8)9/h1-2,4,6,11H,10H2. The van der Waals surface area contributed by atoms with Crippen molar-refractivity contribution in [2.45, 2.75) is 12.5 Å². The Hall–Kier alpha value is -0.230. The van der Waals surface area contributed by atoms with Gasteiger partial charge < -0.3 is 0 Å². The zero-order valence-corrected chi connectivity index (χ0v) is 7.50. The molecule has 3 N–H and O–H groups in total. The van der Waals surface area contributed by atoms with E-state index in [1.54, 1.807) is 11.4 Å². The molecule has 12 heavy (non-hydrogen) atoms. The van der Waals surface area contributed by atoms with Gasteiger partial charge in [-0.3, -0.25) is 5.84 Å². The Balaban J connectivity index is 2.87. The van der Waals surface area contributed by atoms with Crippen molar-refractivity contribution in [3.05, 3.63) is 21.3 Å².